The summed E-state index contributed by atoms with van der Waals surface area (Å²) in [6, 6.07) is 7.43. The van der Waals surface area contributed by atoms with Gasteiger partial charge in [0.1, 0.15) is 12.1 Å². The Balaban J connectivity index is 1.72. The highest BCUT2D eigenvalue weighted by Crippen LogP contribution is 2.34. The van der Waals surface area contributed by atoms with E-state index in [0.29, 0.717) is 22.1 Å². The smallest absolute Gasteiger partial charge is 0.345 e. The number of rotatable bonds is 5. The monoisotopic (exact) mass is 439 g/mol. The van der Waals surface area contributed by atoms with E-state index >= 15 is 0 Å². The zero-order valence-electron chi connectivity index (χ0n) is 16.0. The summed E-state index contributed by atoms with van der Waals surface area (Å²) < 4.78 is 39.7. The van der Waals surface area contributed by atoms with Crippen molar-refractivity contribution in [3.8, 4) is 0 Å². The minimum atomic E-state index is -4.36. The molecule has 4 N–H and O–H groups in total. The Bertz CT molecular complexity index is 1030. The minimum absolute atomic E-state index is 0.0712. The zero-order chi connectivity index (χ0) is 21.3. The Morgan fingerprint density at radius 1 is 1.17 bits per heavy atom. The lowest BCUT2D eigenvalue weighted by molar-refractivity contribution is -0.115. The third kappa shape index (κ3) is 4.76. The first-order valence-electron chi connectivity index (χ1n) is 9.62. The first-order chi connectivity index (χ1) is 14.3. The van der Waals surface area contributed by atoms with E-state index in [9.17, 15) is 13.2 Å². The lowest BCUT2D eigenvalue weighted by atomic mass is 9.91. The maximum absolute atomic E-state index is 12.6. The molecule has 1 aliphatic rings. The van der Waals surface area contributed by atoms with Crippen LogP contribution in [0.4, 0.5) is 30.8 Å². The highest BCUT2D eigenvalue weighted by molar-refractivity contribution is 6.30. The van der Waals surface area contributed by atoms with E-state index in [2.05, 4.69) is 25.6 Å². The van der Waals surface area contributed by atoms with Crippen LogP contribution in [-0.2, 0) is 0 Å². The Labute approximate surface area is 175 Å². The molecule has 160 valence electrons. The topological polar surface area (TPSA) is 93.7 Å². The average molecular weight is 440 g/mol. The summed E-state index contributed by atoms with van der Waals surface area (Å²) in [6.07, 6.45) is 0.418. The van der Waals surface area contributed by atoms with Crippen LogP contribution in [0.15, 0.2) is 30.5 Å². The van der Waals surface area contributed by atoms with Gasteiger partial charge in [0.25, 0.3) is 0 Å². The van der Waals surface area contributed by atoms with Crippen molar-refractivity contribution in [2.24, 2.45) is 5.73 Å². The lowest BCUT2D eigenvalue weighted by Gasteiger charge is -2.28. The van der Waals surface area contributed by atoms with Gasteiger partial charge in [0.15, 0.2) is 5.65 Å². The molecule has 1 aromatic carbocycles. The van der Waals surface area contributed by atoms with Crippen LogP contribution in [0.5, 0.6) is 0 Å². The molecule has 1 saturated carbocycles. The van der Waals surface area contributed by atoms with E-state index < -0.39 is 12.7 Å². The van der Waals surface area contributed by atoms with Crippen LogP contribution in [0.3, 0.4) is 0 Å². The maximum atomic E-state index is 12.6. The molecule has 0 saturated heterocycles. The van der Waals surface area contributed by atoms with Crippen molar-refractivity contribution in [2.75, 3.05) is 17.2 Å². The van der Waals surface area contributed by atoms with E-state index in [-0.39, 0.29) is 18.0 Å². The Kier molecular flexibility index (Phi) is 5.70. The summed E-state index contributed by atoms with van der Waals surface area (Å²) in [4.78, 5) is 12.9. The van der Waals surface area contributed by atoms with Gasteiger partial charge in [-0.2, -0.15) is 18.2 Å². The molecule has 4 rings (SSSR count). The summed E-state index contributed by atoms with van der Waals surface area (Å²) in [5.74, 6) is 0.442. The second-order valence-electron chi connectivity index (χ2n) is 7.38. The molecule has 0 bridgehead atoms. The number of anilines is 3. The standard InChI is InChI=1S/C19H21ClF3N7/c20-11-2-1-3-13(8-11)27-18-28-15-9-25-17(26-10-19(21,22)23)29-16(15)30(18)14-6-4-12(24)5-7-14/h1-3,8-9,12,14H,4-7,10,24H2,(H,27,28)(H,25,26,29). The molecule has 0 unspecified atom stereocenters. The molecule has 2 aromatic heterocycles. The highest BCUT2D eigenvalue weighted by Gasteiger charge is 2.28. The second kappa shape index (κ2) is 8.27. The van der Waals surface area contributed by atoms with Crippen molar-refractivity contribution < 1.29 is 13.2 Å². The number of nitrogens with two attached hydrogens (primary N) is 1. The predicted octanol–water partition coefficient (Wildman–Crippen LogP) is 4.64. The molecule has 0 atom stereocenters. The van der Waals surface area contributed by atoms with Crippen LogP contribution in [0.2, 0.25) is 5.02 Å². The normalized spacial score (nSPS) is 19.8. The molecule has 1 fully saturated rings. The number of hydrogen-bond donors (Lipinski definition) is 3. The summed E-state index contributed by atoms with van der Waals surface area (Å²) in [7, 11) is 0. The summed E-state index contributed by atoms with van der Waals surface area (Å²) in [5, 5.41) is 6.06. The number of imidazole rings is 1. The first kappa shape index (κ1) is 20.7. The summed E-state index contributed by atoms with van der Waals surface area (Å²) in [6.45, 7) is -1.21. The highest BCUT2D eigenvalue weighted by atomic mass is 35.5. The number of fused-ring (bicyclic) bond motifs is 1. The van der Waals surface area contributed by atoms with E-state index in [1.54, 1.807) is 12.1 Å². The Morgan fingerprint density at radius 2 is 1.93 bits per heavy atom. The van der Waals surface area contributed by atoms with E-state index in [4.69, 9.17) is 17.3 Å². The number of alkyl halides is 3. The van der Waals surface area contributed by atoms with Gasteiger partial charge in [-0.15, -0.1) is 0 Å². The molecular weight excluding hydrogens is 419 g/mol. The van der Waals surface area contributed by atoms with Gasteiger partial charge in [-0.05, 0) is 43.9 Å². The third-order valence-corrected chi connectivity index (χ3v) is 5.30. The molecule has 2 heterocycles. The van der Waals surface area contributed by atoms with Gasteiger partial charge < -0.3 is 16.4 Å². The number of aromatic nitrogens is 4. The quantitative estimate of drug-likeness (QED) is 0.536. The maximum Gasteiger partial charge on any atom is 0.405 e. The van der Waals surface area contributed by atoms with Crippen LogP contribution >= 0.6 is 11.6 Å². The van der Waals surface area contributed by atoms with Gasteiger partial charge in [-0.3, -0.25) is 4.57 Å². The predicted molar refractivity (Wildman–Crippen MR) is 110 cm³/mol. The average Bonchev–Trinajstić information content (AvgIpc) is 3.03. The van der Waals surface area contributed by atoms with Crippen LogP contribution in [0.25, 0.3) is 11.2 Å². The van der Waals surface area contributed by atoms with Crippen LogP contribution in [-0.4, -0.2) is 38.3 Å². The zero-order valence-corrected chi connectivity index (χ0v) is 16.7. The first-order valence-corrected chi connectivity index (χ1v) is 10.00. The number of nitrogens with zero attached hydrogens (tertiary/aromatic N) is 4. The van der Waals surface area contributed by atoms with E-state index in [1.807, 2.05) is 16.7 Å². The largest absolute Gasteiger partial charge is 0.405 e. The molecular formula is C19H21ClF3N7. The van der Waals surface area contributed by atoms with Crippen LogP contribution in [0, 0.1) is 0 Å². The van der Waals surface area contributed by atoms with Crippen molar-refractivity contribution in [3.63, 3.8) is 0 Å². The fourth-order valence-electron chi connectivity index (χ4n) is 3.64. The number of benzene rings is 1. The Morgan fingerprint density at radius 3 is 2.63 bits per heavy atom. The van der Waals surface area contributed by atoms with Gasteiger partial charge in [0, 0.05) is 22.8 Å². The molecule has 0 amide bonds. The number of nitrogens with one attached hydrogen (secondary N) is 2. The van der Waals surface area contributed by atoms with Gasteiger partial charge >= 0.3 is 6.18 Å². The summed E-state index contributed by atoms with van der Waals surface area (Å²) >= 11 is 6.08. The van der Waals surface area contributed by atoms with Crippen molar-refractivity contribution in [1.82, 2.24) is 19.5 Å². The molecule has 3 aromatic rings. The Hall–Kier alpha value is -2.59. The van der Waals surface area contributed by atoms with Gasteiger partial charge in [-0.1, -0.05) is 17.7 Å². The SMILES string of the molecule is NC1CCC(n2c(Nc3cccc(Cl)c3)nc3cnc(NCC(F)(F)F)nc32)CC1. The third-order valence-electron chi connectivity index (χ3n) is 5.07. The molecule has 30 heavy (non-hydrogen) atoms. The molecule has 0 radical (unpaired) electrons. The van der Waals surface area contributed by atoms with E-state index in [0.717, 1.165) is 31.4 Å². The lowest BCUT2D eigenvalue weighted by Crippen LogP contribution is -2.28. The van der Waals surface area contributed by atoms with Gasteiger partial charge in [0.05, 0.1) is 6.20 Å². The van der Waals surface area contributed by atoms with Crippen LogP contribution in [0.1, 0.15) is 31.7 Å². The summed E-state index contributed by atoms with van der Waals surface area (Å²) in [5.41, 5.74) is 7.76. The molecule has 7 nitrogen and oxygen atoms in total. The van der Waals surface area contributed by atoms with Crippen molar-refractivity contribution in [3.05, 3.63) is 35.5 Å². The number of halogens is 4. The number of hydrogen-bond acceptors (Lipinski definition) is 6. The second-order valence-corrected chi connectivity index (χ2v) is 7.82. The van der Waals surface area contributed by atoms with Gasteiger partial charge in [0.2, 0.25) is 11.9 Å². The fraction of sp³-hybridized carbons (Fsp3) is 0.421. The van der Waals surface area contributed by atoms with Gasteiger partial charge in [-0.25, -0.2) is 9.97 Å². The van der Waals surface area contributed by atoms with Crippen molar-refractivity contribution in [1.29, 1.82) is 0 Å². The minimum Gasteiger partial charge on any atom is -0.345 e. The molecule has 1 aliphatic carbocycles. The molecule has 11 heteroatoms. The molecule has 0 spiro atoms. The van der Waals surface area contributed by atoms with Crippen molar-refractivity contribution in [2.45, 2.75) is 43.9 Å². The molecule has 0 aliphatic heterocycles. The van der Waals surface area contributed by atoms with E-state index in [1.165, 1.54) is 6.20 Å². The van der Waals surface area contributed by atoms with Crippen LogP contribution < -0.4 is 16.4 Å². The fourth-order valence-corrected chi connectivity index (χ4v) is 3.83. The van der Waals surface area contributed by atoms with Crippen molar-refractivity contribution >= 4 is 40.3 Å².